The number of hydrogen-bond acceptors (Lipinski definition) is 7. The van der Waals surface area contributed by atoms with Crippen LogP contribution in [-0.4, -0.2) is 44.5 Å². The normalized spacial score (nSPS) is 14.8. The molecule has 3 aromatic rings. The van der Waals surface area contributed by atoms with Gasteiger partial charge < -0.3 is 14.6 Å². The topological polar surface area (TPSA) is 89.1 Å². The number of pyridine rings is 1. The first kappa shape index (κ1) is 20.7. The Morgan fingerprint density at radius 2 is 2.13 bits per heavy atom. The quantitative estimate of drug-likeness (QED) is 0.434. The van der Waals surface area contributed by atoms with Crippen LogP contribution in [0.3, 0.4) is 0 Å². The van der Waals surface area contributed by atoms with E-state index >= 15 is 0 Å². The zero-order chi connectivity index (χ0) is 20.9. The van der Waals surface area contributed by atoms with Gasteiger partial charge in [-0.25, -0.2) is 4.98 Å². The zero-order valence-electron chi connectivity index (χ0n) is 16.6. The molecule has 4 heterocycles. The van der Waals surface area contributed by atoms with E-state index in [1.165, 1.54) is 11.8 Å². The van der Waals surface area contributed by atoms with Crippen molar-refractivity contribution in [1.29, 1.82) is 0 Å². The van der Waals surface area contributed by atoms with Crippen LogP contribution in [0.15, 0.2) is 46.3 Å². The minimum Gasteiger partial charge on any atom is -0.467 e. The molecular formula is C20H23ClN6O2S. The first-order chi connectivity index (χ1) is 14.6. The molecule has 0 aliphatic carbocycles. The number of nitrogens with zero attached hydrogens (tertiary/aromatic N) is 5. The molecule has 0 spiro atoms. The molecule has 3 aromatic heterocycles. The molecule has 1 saturated heterocycles. The van der Waals surface area contributed by atoms with Gasteiger partial charge in [-0.05, 0) is 43.0 Å². The molecule has 0 radical (unpaired) electrons. The van der Waals surface area contributed by atoms with Gasteiger partial charge in [0.15, 0.2) is 10.3 Å². The molecule has 1 N–H and O–H groups in total. The van der Waals surface area contributed by atoms with E-state index in [0.717, 1.165) is 43.6 Å². The zero-order valence-corrected chi connectivity index (χ0v) is 18.2. The Kier molecular flexibility index (Phi) is 6.59. The third kappa shape index (κ3) is 4.96. The van der Waals surface area contributed by atoms with Crippen LogP contribution >= 0.6 is 23.4 Å². The number of furan rings is 1. The van der Waals surface area contributed by atoms with Crippen molar-refractivity contribution in [2.45, 2.75) is 31.5 Å². The van der Waals surface area contributed by atoms with Crippen LogP contribution in [0.5, 0.6) is 0 Å². The van der Waals surface area contributed by atoms with E-state index in [-0.39, 0.29) is 16.8 Å². The summed E-state index contributed by atoms with van der Waals surface area (Å²) in [5.41, 5.74) is 0.491. The Morgan fingerprint density at radius 1 is 1.30 bits per heavy atom. The van der Waals surface area contributed by atoms with E-state index in [2.05, 4.69) is 32.3 Å². The number of halogens is 1. The van der Waals surface area contributed by atoms with Crippen LogP contribution < -0.4 is 10.2 Å². The van der Waals surface area contributed by atoms with Crippen LogP contribution in [0.1, 0.15) is 25.5 Å². The van der Waals surface area contributed by atoms with E-state index in [0.29, 0.717) is 17.4 Å². The highest BCUT2D eigenvalue weighted by atomic mass is 35.5. The summed E-state index contributed by atoms with van der Waals surface area (Å²) in [5, 5.41) is 12.5. The summed E-state index contributed by atoms with van der Waals surface area (Å²) in [4.78, 5) is 18.6. The lowest BCUT2D eigenvalue weighted by Gasteiger charge is -2.31. The van der Waals surface area contributed by atoms with Crippen LogP contribution in [0, 0.1) is 5.92 Å². The lowest BCUT2D eigenvalue weighted by molar-refractivity contribution is -0.113. The SMILES string of the molecule is CC1CCN(c2nnc(SCC(=O)Nc3cccnc3Cl)n2Cc2ccco2)CC1. The lowest BCUT2D eigenvalue weighted by atomic mass is 10.00. The van der Waals surface area contributed by atoms with Gasteiger partial charge in [-0.2, -0.15) is 0 Å². The molecule has 10 heteroatoms. The molecule has 1 fully saturated rings. The highest BCUT2D eigenvalue weighted by molar-refractivity contribution is 7.99. The minimum absolute atomic E-state index is 0.179. The van der Waals surface area contributed by atoms with Gasteiger partial charge in [0.2, 0.25) is 11.9 Å². The van der Waals surface area contributed by atoms with E-state index in [4.69, 9.17) is 16.0 Å². The van der Waals surface area contributed by atoms with Crippen molar-refractivity contribution < 1.29 is 9.21 Å². The molecule has 8 nitrogen and oxygen atoms in total. The average molecular weight is 447 g/mol. The highest BCUT2D eigenvalue weighted by Gasteiger charge is 2.23. The fraction of sp³-hybridized carbons (Fsp3) is 0.400. The molecule has 30 heavy (non-hydrogen) atoms. The van der Waals surface area contributed by atoms with Crippen molar-refractivity contribution in [3.8, 4) is 0 Å². The monoisotopic (exact) mass is 446 g/mol. The molecule has 0 atom stereocenters. The molecule has 4 rings (SSSR count). The molecule has 0 saturated carbocycles. The summed E-state index contributed by atoms with van der Waals surface area (Å²) in [6, 6.07) is 7.22. The van der Waals surface area contributed by atoms with E-state index in [9.17, 15) is 4.79 Å². The van der Waals surface area contributed by atoms with Crippen molar-refractivity contribution in [2.24, 2.45) is 5.92 Å². The number of carbonyl (C=O) groups is 1. The second-order valence-electron chi connectivity index (χ2n) is 7.30. The fourth-order valence-corrected chi connectivity index (χ4v) is 4.22. The number of carbonyl (C=O) groups excluding carboxylic acids is 1. The summed E-state index contributed by atoms with van der Waals surface area (Å²) >= 11 is 7.35. The van der Waals surface area contributed by atoms with Gasteiger partial charge in [0.1, 0.15) is 5.76 Å². The molecule has 1 amide bonds. The van der Waals surface area contributed by atoms with Gasteiger partial charge in [-0.1, -0.05) is 30.3 Å². The lowest BCUT2D eigenvalue weighted by Crippen LogP contribution is -2.35. The fourth-order valence-electron chi connectivity index (χ4n) is 3.32. The van der Waals surface area contributed by atoms with E-state index < -0.39 is 0 Å². The predicted octanol–water partition coefficient (Wildman–Crippen LogP) is 3.93. The Bertz CT molecular complexity index is 985. The summed E-state index contributed by atoms with van der Waals surface area (Å²) in [7, 11) is 0. The van der Waals surface area contributed by atoms with Gasteiger partial charge in [-0.3, -0.25) is 9.36 Å². The molecule has 0 bridgehead atoms. The predicted molar refractivity (Wildman–Crippen MR) is 117 cm³/mol. The number of thioether (sulfide) groups is 1. The number of piperidine rings is 1. The molecule has 1 aliphatic rings. The standard InChI is InChI=1S/C20H23ClN6O2S/c1-14-6-9-26(10-7-14)19-24-25-20(27(19)12-15-4-3-11-29-15)30-13-17(28)23-16-5-2-8-22-18(16)21/h2-5,8,11,14H,6-7,9-10,12-13H2,1H3,(H,23,28). The van der Waals surface area contributed by atoms with Crippen LogP contribution in [0.25, 0.3) is 0 Å². The Balaban J connectivity index is 1.48. The molecule has 0 aromatic carbocycles. The van der Waals surface area contributed by atoms with Gasteiger partial charge in [0.25, 0.3) is 0 Å². The third-order valence-corrected chi connectivity index (χ3v) is 6.29. The number of anilines is 2. The van der Waals surface area contributed by atoms with Crippen molar-refractivity contribution in [3.63, 3.8) is 0 Å². The van der Waals surface area contributed by atoms with Gasteiger partial charge >= 0.3 is 0 Å². The maximum absolute atomic E-state index is 12.4. The number of rotatable bonds is 7. The van der Waals surface area contributed by atoms with Crippen molar-refractivity contribution >= 4 is 40.9 Å². The molecule has 0 unspecified atom stereocenters. The van der Waals surface area contributed by atoms with Crippen LogP contribution in [-0.2, 0) is 11.3 Å². The highest BCUT2D eigenvalue weighted by Crippen LogP contribution is 2.27. The second kappa shape index (κ2) is 9.53. The van der Waals surface area contributed by atoms with E-state index in [1.807, 2.05) is 16.7 Å². The van der Waals surface area contributed by atoms with Gasteiger partial charge in [-0.15, -0.1) is 10.2 Å². The Morgan fingerprint density at radius 3 is 2.87 bits per heavy atom. The van der Waals surface area contributed by atoms with E-state index in [1.54, 1.807) is 24.6 Å². The summed E-state index contributed by atoms with van der Waals surface area (Å²) in [6.07, 6.45) is 5.49. The molecule has 1 aliphatic heterocycles. The van der Waals surface area contributed by atoms with Crippen LogP contribution in [0.2, 0.25) is 5.15 Å². The largest absolute Gasteiger partial charge is 0.467 e. The number of amides is 1. The smallest absolute Gasteiger partial charge is 0.234 e. The number of hydrogen-bond donors (Lipinski definition) is 1. The summed E-state index contributed by atoms with van der Waals surface area (Å²) < 4.78 is 7.55. The van der Waals surface area contributed by atoms with Gasteiger partial charge in [0.05, 0.1) is 24.2 Å². The minimum atomic E-state index is -0.184. The maximum atomic E-state index is 12.4. The molecule has 158 valence electrons. The summed E-state index contributed by atoms with van der Waals surface area (Å²) in [5.74, 6) is 2.35. The summed E-state index contributed by atoms with van der Waals surface area (Å²) in [6.45, 7) is 4.68. The van der Waals surface area contributed by atoms with Gasteiger partial charge in [0, 0.05) is 19.3 Å². The number of nitrogens with one attached hydrogen (secondary N) is 1. The van der Waals surface area contributed by atoms with Crippen molar-refractivity contribution in [2.75, 3.05) is 29.1 Å². The average Bonchev–Trinajstić information content (AvgIpc) is 3.39. The first-order valence-electron chi connectivity index (χ1n) is 9.84. The third-order valence-electron chi connectivity index (χ3n) is 5.02. The Hall–Kier alpha value is -2.52. The van der Waals surface area contributed by atoms with Crippen molar-refractivity contribution in [1.82, 2.24) is 19.7 Å². The second-order valence-corrected chi connectivity index (χ2v) is 8.60. The first-order valence-corrected chi connectivity index (χ1v) is 11.2. The van der Waals surface area contributed by atoms with Crippen molar-refractivity contribution in [3.05, 3.63) is 47.6 Å². The maximum Gasteiger partial charge on any atom is 0.234 e. The number of aromatic nitrogens is 4. The van der Waals surface area contributed by atoms with Crippen LogP contribution in [0.4, 0.5) is 11.6 Å². The Labute approximate surface area is 184 Å². The molecular weight excluding hydrogens is 424 g/mol.